The lowest BCUT2D eigenvalue weighted by Gasteiger charge is -2.43. The minimum absolute atomic E-state index is 0.0286. The largest absolute Gasteiger partial charge is 0.376 e. The number of ether oxygens (including phenoxy) is 2. The Balaban J connectivity index is 1.49. The van der Waals surface area contributed by atoms with E-state index >= 15 is 0 Å². The van der Waals surface area contributed by atoms with Crippen LogP contribution in [0.25, 0.3) is 0 Å². The summed E-state index contributed by atoms with van der Waals surface area (Å²) in [5.41, 5.74) is 0. The number of likely N-dealkylation sites (tertiary alicyclic amines) is 1. The van der Waals surface area contributed by atoms with Crippen molar-refractivity contribution in [2.75, 3.05) is 45.9 Å². The molecule has 0 spiro atoms. The van der Waals surface area contributed by atoms with Gasteiger partial charge in [-0.05, 0) is 26.7 Å². The minimum Gasteiger partial charge on any atom is -0.376 e. The number of morpholine rings is 2. The second-order valence-corrected chi connectivity index (χ2v) is 6.74. The van der Waals surface area contributed by atoms with Crippen LogP contribution >= 0.6 is 0 Å². The third-order valence-electron chi connectivity index (χ3n) is 5.15. The van der Waals surface area contributed by atoms with Gasteiger partial charge in [-0.15, -0.1) is 0 Å². The topological polar surface area (TPSA) is 54.0 Å². The molecule has 22 heavy (non-hydrogen) atoms. The molecule has 0 aromatic carbocycles. The number of amides is 1. The molecule has 3 atom stereocenters. The molecule has 3 aliphatic heterocycles. The summed E-state index contributed by atoms with van der Waals surface area (Å²) in [5.74, 6) is 0.209. The second-order valence-electron chi connectivity index (χ2n) is 6.74. The smallest absolute Gasteiger partial charge is 0.242 e. The monoisotopic (exact) mass is 311 g/mol. The molecule has 0 bridgehead atoms. The van der Waals surface area contributed by atoms with Gasteiger partial charge in [0.2, 0.25) is 5.91 Å². The van der Waals surface area contributed by atoms with E-state index in [0.717, 1.165) is 52.2 Å². The normalized spacial score (nSPS) is 35.5. The van der Waals surface area contributed by atoms with E-state index in [4.69, 9.17) is 9.47 Å². The fourth-order valence-corrected chi connectivity index (χ4v) is 3.83. The third kappa shape index (κ3) is 3.62. The molecular weight excluding hydrogens is 282 g/mol. The molecule has 1 N–H and O–H groups in total. The minimum atomic E-state index is -0.172. The fourth-order valence-electron chi connectivity index (χ4n) is 3.83. The Labute approximate surface area is 133 Å². The lowest BCUT2D eigenvalue weighted by Crippen LogP contribution is -2.59. The van der Waals surface area contributed by atoms with Crippen molar-refractivity contribution in [3.05, 3.63) is 0 Å². The van der Waals surface area contributed by atoms with Crippen LogP contribution in [0.2, 0.25) is 0 Å². The molecule has 3 saturated heterocycles. The Morgan fingerprint density at radius 1 is 1.09 bits per heavy atom. The first-order valence-corrected chi connectivity index (χ1v) is 8.64. The van der Waals surface area contributed by atoms with Gasteiger partial charge in [-0.3, -0.25) is 9.69 Å². The summed E-state index contributed by atoms with van der Waals surface area (Å²) in [4.78, 5) is 17.2. The van der Waals surface area contributed by atoms with E-state index in [2.05, 4.69) is 17.1 Å². The van der Waals surface area contributed by atoms with Crippen LogP contribution in [-0.4, -0.2) is 85.9 Å². The Bertz CT molecular complexity index is 385. The van der Waals surface area contributed by atoms with Crippen LogP contribution in [-0.2, 0) is 14.3 Å². The maximum absolute atomic E-state index is 12.6. The quantitative estimate of drug-likeness (QED) is 0.782. The summed E-state index contributed by atoms with van der Waals surface area (Å²) in [6.45, 7) is 10.2. The van der Waals surface area contributed by atoms with Crippen molar-refractivity contribution in [3.8, 4) is 0 Å². The number of nitrogens with zero attached hydrogens (tertiary/aromatic N) is 2. The van der Waals surface area contributed by atoms with E-state index in [1.807, 2.05) is 11.8 Å². The first-order chi connectivity index (χ1) is 10.6. The number of rotatable bonds is 2. The number of hydrogen-bond acceptors (Lipinski definition) is 5. The summed E-state index contributed by atoms with van der Waals surface area (Å²) in [7, 11) is 0. The van der Waals surface area contributed by atoms with E-state index in [1.54, 1.807) is 0 Å². The maximum Gasteiger partial charge on any atom is 0.242 e. The number of hydrogen-bond donors (Lipinski definition) is 1. The van der Waals surface area contributed by atoms with Crippen molar-refractivity contribution >= 4 is 5.91 Å². The van der Waals surface area contributed by atoms with Crippen molar-refractivity contribution in [3.63, 3.8) is 0 Å². The zero-order chi connectivity index (χ0) is 15.5. The highest BCUT2D eigenvalue weighted by Gasteiger charge is 2.35. The number of carbonyl (C=O) groups is 1. The summed E-state index contributed by atoms with van der Waals surface area (Å²) < 4.78 is 11.2. The molecule has 0 aliphatic carbocycles. The SMILES string of the molecule is CC1CN(C2CCN(C(=O)[C@H]3NCCO[C@@H]3C)CC2)CCO1. The lowest BCUT2D eigenvalue weighted by atomic mass is 10.0. The van der Waals surface area contributed by atoms with Gasteiger partial charge < -0.3 is 19.7 Å². The zero-order valence-corrected chi connectivity index (χ0v) is 13.8. The van der Waals surface area contributed by atoms with Crippen molar-refractivity contribution in [1.29, 1.82) is 0 Å². The van der Waals surface area contributed by atoms with E-state index in [-0.39, 0.29) is 18.1 Å². The number of carbonyl (C=O) groups excluding carboxylic acids is 1. The van der Waals surface area contributed by atoms with Gasteiger partial charge in [0, 0.05) is 38.8 Å². The standard InChI is InChI=1S/C16H29N3O3/c1-12-11-19(8-10-21-12)14-3-6-18(7-4-14)16(20)15-13(2)22-9-5-17-15/h12-15,17H,3-11H2,1-2H3/t12?,13-,15+/m1/s1. The zero-order valence-electron chi connectivity index (χ0n) is 13.8. The highest BCUT2D eigenvalue weighted by atomic mass is 16.5. The van der Waals surface area contributed by atoms with Crippen LogP contribution in [0, 0.1) is 0 Å². The molecule has 1 unspecified atom stereocenters. The highest BCUT2D eigenvalue weighted by molar-refractivity contribution is 5.82. The van der Waals surface area contributed by atoms with Gasteiger partial charge in [-0.1, -0.05) is 0 Å². The van der Waals surface area contributed by atoms with Crippen molar-refractivity contribution in [2.24, 2.45) is 0 Å². The van der Waals surface area contributed by atoms with Crippen LogP contribution in [0.1, 0.15) is 26.7 Å². The molecule has 6 heteroatoms. The molecule has 0 saturated carbocycles. The molecule has 126 valence electrons. The third-order valence-corrected chi connectivity index (χ3v) is 5.15. The summed E-state index contributed by atoms with van der Waals surface area (Å²) in [5, 5.41) is 3.30. The van der Waals surface area contributed by atoms with Gasteiger partial charge in [0.1, 0.15) is 6.04 Å². The van der Waals surface area contributed by atoms with Crippen LogP contribution in [0.5, 0.6) is 0 Å². The summed E-state index contributed by atoms with van der Waals surface area (Å²) >= 11 is 0. The van der Waals surface area contributed by atoms with E-state index in [9.17, 15) is 4.79 Å². The van der Waals surface area contributed by atoms with Crippen LogP contribution in [0.4, 0.5) is 0 Å². The molecule has 3 heterocycles. The molecule has 6 nitrogen and oxygen atoms in total. The second kappa shape index (κ2) is 7.25. The Hall–Kier alpha value is -0.690. The molecule has 0 aromatic heterocycles. The number of piperidine rings is 1. The van der Waals surface area contributed by atoms with Gasteiger partial charge in [0.05, 0.1) is 25.4 Å². The molecule has 0 aromatic rings. The number of nitrogens with one attached hydrogen (secondary N) is 1. The highest BCUT2D eigenvalue weighted by Crippen LogP contribution is 2.20. The van der Waals surface area contributed by atoms with Crippen LogP contribution in [0.15, 0.2) is 0 Å². The van der Waals surface area contributed by atoms with Crippen molar-refractivity contribution in [2.45, 2.75) is 51.0 Å². The molecule has 0 radical (unpaired) electrons. The molecule has 3 aliphatic rings. The van der Waals surface area contributed by atoms with Gasteiger partial charge in [-0.2, -0.15) is 0 Å². The van der Waals surface area contributed by atoms with E-state index in [1.165, 1.54) is 0 Å². The molecular formula is C16H29N3O3. The van der Waals surface area contributed by atoms with E-state index in [0.29, 0.717) is 18.8 Å². The molecule has 3 rings (SSSR count). The van der Waals surface area contributed by atoms with Gasteiger partial charge in [0.15, 0.2) is 0 Å². The van der Waals surface area contributed by atoms with E-state index < -0.39 is 0 Å². The summed E-state index contributed by atoms with van der Waals surface area (Å²) in [6.07, 6.45) is 2.44. The first-order valence-electron chi connectivity index (χ1n) is 8.64. The first kappa shape index (κ1) is 16.2. The van der Waals surface area contributed by atoms with Gasteiger partial charge in [0.25, 0.3) is 0 Å². The average molecular weight is 311 g/mol. The van der Waals surface area contributed by atoms with Crippen molar-refractivity contribution in [1.82, 2.24) is 15.1 Å². The Kier molecular flexibility index (Phi) is 5.33. The predicted molar refractivity (Wildman–Crippen MR) is 83.8 cm³/mol. The maximum atomic E-state index is 12.6. The Morgan fingerprint density at radius 3 is 2.55 bits per heavy atom. The van der Waals surface area contributed by atoms with Crippen LogP contribution in [0.3, 0.4) is 0 Å². The van der Waals surface area contributed by atoms with Crippen LogP contribution < -0.4 is 5.32 Å². The fraction of sp³-hybridized carbons (Fsp3) is 0.938. The van der Waals surface area contributed by atoms with Gasteiger partial charge in [-0.25, -0.2) is 0 Å². The van der Waals surface area contributed by atoms with Crippen molar-refractivity contribution < 1.29 is 14.3 Å². The Morgan fingerprint density at radius 2 is 1.86 bits per heavy atom. The average Bonchev–Trinajstić information content (AvgIpc) is 2.55. The molecule has 3 fully saturated rings. The molecule has 1 amide bonds. The van der Waals surface area contributed by atoms with Gasteiger partial charge >= 0.3 is 0 Å². The summed E-state index contributed by atoms with van der Waals surface area (Å²) in [6, 6.07) is 0.428. The lowest BCUT2D eigenvalue weighted by molar-refractivity contribution is -0.141. The predicted octanol–water partition coefficient (Wildman–Crippen LogP) is 0.0750.